The van der Waals surface area contributed by atoms with Crippen LogP contribution in [0.1, 0.15) is 39.8 Å². The molecule has 1 aliphatic carbocycles. The molecule has 0 spiro atoms. The molecule has 10 heteroatoms. The molecule has 1 atom stereocenters. The van der Waals surface area contributed by atoms with Crippen molar-refractivity contribution in [2.45, 2.75) is 46.8 Å². The first-order chi connectivity index (χ1) is 16.7. The molecular weight excluding hydrogens is 471 g/mol. The van der Waals surface area contributed by atoms with Crippen LogP contribution in [0.15, 0.2) is 35.2 Å². The van der Waals surface area contributed by atoms with Crippen LogP contribution in [-0.4, -0.2) is 68.7 Å². The lowest BCUT2D eigenvalue weighted by Crippen LogP contribution is -2.53. The number of carbonyl (C=O) groups is 1. The Balaban J connectivity index is 1.48. The van der Waals surface area contributed by atoms with Crippen molar-refractivity contribution < 1.29 is 18.0 Å². The topological polar surface area (TPSA) is 63.4 Å². The molecule has 1 amide bonds. The Labute approximate surface area is 208 Å². The van der Waals surface area contributed by atoms with Gasteiger partial charge >= 0.3 is 17.8 Å². The van der Waals surface area contributed by atoms with Crippen molar-refractivity contribution in [3.05, 3.63) is 46.5 Å². The highest BCUT2D eigenvalue weighted by Crippen LogP contribution is 2.37. The van der Waals surface area contributed by atoms with Crippen LogP contribution in [0.4, 0.5) is 13.2 Å². The molecule has 7 nitrogen and oxygen atoms in total. The molecule has 4 rings (SSSR count). The monoisotopic (exact) mass is 505 g/mol. The molecule has 1 fully saturated rings. The Morgan fingerprint density at radius 2 is 1.78 bits per heavy atom. The molecule has 0 bridgehead atoms. The zero-order chi connectivity index (χ0) is 26.5. The van der Waals surface area contributed by atoms with Gasteiger partial charge in [-0.05, 0) is 29.5 Å². The number of amides is 1. The second-order valence-electron chi connectivity index (χ2n) is 11.5. The zero-order valence-corrected chi connectivity index (χ0v) is 21.5. The number of piperazine rings is 1. The first-order valence-corrected chi connectivity index (χ1v) is 12.2. The van der Waals surface area contributed by atoms with Crippen LogP contribution >= 0.6 is 0 Å². The third kappa shape index (κ3) is 5.43. The van der Waals surface area contributed by atoms with E-state index in [0.717, 1.165) is 21.7 Å². The van der Waals surface area contributed by atoms with Gasteiger partial charge in [-0.2, -0.15) is 13.2 Å². The van der Waals surface area contributed by atoms with Gasteiger partial charge in [-0.3, -0.25) is 18.8 Å². The fourth-order valence-electron chi connectivity index (χ4n) is 5.11. The number of pyridine rings is 1. The lowest BCUT2D eigenvalue weighted by molar-refractivity contribution is -0.187. The highest BCUT2D eigenvalue weighted by molar-refractivity contribution is 5.82. The number of imidazole rings is 1. The molecule has 0 aromatic carbocycles. The summed E-state index contributed by atoms with van der Waals surface area (Å²) < 4.78 is 41.6. The van der Waals surface area contributed by atoms with Crippen molar-refractivity contribution >= 4 is 22.6 Å². The molecule has 1 aliphatic heterocycles. The number of halogens is 3. The van der Waals surface area contributed by atoms with E-state index in [9.17, 15) is 22.8 Å². The van der Waals surface area contributed by atoms with Crippen molar-refractivity contribution in [2.24, 2.45) is 17.9 Å². The van der Waals surface area contributed by atoms with Crippen LogP contribution in [0.2, 0.25) is 0 Å². The molecule has 0 radical (unpaired) electrons. The lowest BCUT2D eigenvalue weighted by atomic mass is 9.78. The fraction of sp³-hybridized carbons (Fsp3) is 0.577. The molecule has 196 valence electrons. The van der Waals surface area contributed by atoms with Gasteiger partial charge in [0.25, 0.3) is 0 Å². The van der Waals surface area contributed by atoms with Gasteiger partial charge in [0.15, 0.2) is 5.65 Å². The summed E-state index contributed by atoms with van der Waals surface area (Å²) in [5.41, 5.74) is 2.93. The second-order valence-corrected chi connectivity index (χ2v) is 11.5. The van der Waals surface area contributed by atoms with Crippen LogP contribution in [0.25, 0.3) is 16.7 Å². The van der Waals surface area contributed by atoms with Gasteiger partial charge in [0.2, 0.25) is 0 Å². The number of rotatable bonds is 4. The number of hydrogen-bond acceptors (Lipinski definition) is 4. The summed E-state index contributed by atoms with van der Waals surface area (Å²) in [4.78, 5) is 32.2. The van der Waals surface area contributed by atoms with Crippen molar-refractivity contribution in [3.63, 3.8) is 0 Å². The normalized spacial score (nSPS) is 21.8. The van der Waals surface area contributed by atoms with E-state index in [2.05, 4.69) is 38.7 Å². The summed E-state index contributed by atoms with van der Waals surface area (Å²) in [6.45, 7) is 10.6. The van der Waals surface area contributed by atoms with Crippen molar-refractivity contribution in [1.82, 2.24) is 23.9 Å². The van der Waals surface area contributed by atoms with Gasteiger partial charge in [0.05, 0.1) is 11.2 Å². The zero-order valence-electron chi connectivity index (χ0n) is 21.5. The predicted molar refractivity (Wildman–Crippen MR) is 133 cm³/mol. The molecule has 0 saturated carbocycles. The number of fused-ring (bicyclic) bond motifs is 1. The van der Waals surface area contributed by atoms with Crippen LogP contribution < -0.4 is 5.69 Å². The summed E-state index contributed by atoms with van der Waals surface area (Å²) in [6.07, 6.45) is 2.03. The summed E-state index contributed by atoms with van der Waals surface area (Å²) in [6, 6.07) is 3.91. The Morgan fingerprint density at radius 1 is 1.11 bits per heavy atom. The van der Waals surface area contributed by atoms with E-state index in [0.29, 0.717) is 38.2 Å². The first kappa shape index (κ1) is 26.2. The standard InChI is InChI=1S/C26H34F3N5O2/c1-24(2,3)16-34-20-9-8-19(30-21(20)31(5)23(34)36)18-7-6-10-25(4,15-18)17-32-11-13-33(14-12-32)22(35)26(27,28)29/h6-10H,11-17H2,1-5H3. The molecule has 2 aromatic rings. The van der Waals surface area contributed by atoms with Gasteiger partial charge in [0.1, 0.15) is 0 Å². The average molecular weight is 506 g/mol. The van der Waals surface area contributed by atoms with E-state index in [1.807, 2.05) is 24.3 Å². The van der Waals surface area contributed by atoms with E-state index in [4.69, 9.17) is 4.98 Å². The summed E-state index contributed by atoms with van der Waals surface area (Å²) >= 11 is 0. The molecule has 36 heavy (non-hydrogen) atoms. The Kier molecular flexibility index (Phi) is 6.70. The lowest BCUT2D eigenvalue weighted by Gasteiger charge is -2.40. The maximum absolute atomic E-state index is 12.9. The van der Waals surface area contributed by atoms with Crippen molar-refractivity contribution in [3.8, 4) is 0 Å². The van der Waals surface area contributed by atoms with Gasteiger partial charge in [0, 0.05) is 51.7 Å². The highest BCUT2D eigenvalue weighted by atomic mass is 19.4. The maximum atomic E-state index is 12.9. The summed E-state index contributed by atoms with van der Waals surface area (Å²) in [7, 11) is 1.74. The molecular formula is C26H34F3N5O2. The minimum atomic E-state index is -4.83. The predicted octanol–water partition coefficient (Wildman–Crippen LogP) is 3.84. The number of aromatic nitrogens is 3. The molecule has 1 unspecified atom stereocenters. The van der Waals surface area contributed by atoms with Crippen LogP contribution in [0.3, 0.4) is 0 Å². The Hall–Kier alpha value is -2.88. The second kappa shape index (κ2) is 9.21. The minimum absolute atomic E-state index is 0.0548. The van der Waals surface area contributed by atoms with E-state index in [1.54, 1.807) is 16.2 Å². The van der Waals surface area contributed by atoms with Gasteiger partial charge < -0.3 is 4.90 Å². The third-order valence-corrected chi connectivity index (χ3v) is 6.82. The number of carbonyl (C=O) groups excluding carboxylic acids is 1. The minimum Gasteiger partial charge on any atom is -0.332 e. The molecule has 3 heterocycles. The van der Waals surface area contributed by atoms with Crippen LogP contribution in [0.5, 0.6) is 0 Å². The average Bonchev–Trinajstić information content (AvgIpc) is 3.01. The van der Waals surface area contributed by atoms with Gasteiger partial charge in [-0.15, -0.1) is 0 Å². The van der Waals surface area contributed by atoms with E-state index >= 15 is 0 Å². The van der Waals surface area contributed by atoms with Crippen molar-refractivity contribution in [2.75, 3.05) is 32.7 Å². The summed E-state index contributed by atoms with van der Waals surface area (Å²) in [5.74, 6) is -1.76. The van der Waals surface area contributed by atoms with E-state index < -0.39 is 12.1 Å². The van der Waals surface area contributed by atoms with Crippen molar-refractivity contribution in [1.29, 1.82) is 0 Å². The number of nitrogens with zero attached hydrogens (tertiary/aromatic N) is 5. The first-order valence-electron chi connectivity index (χ1n) is 12.2. The SMILES string of the molecule is Cn1c(=O)n(CC(C)(C)C)c2ccc(C3=CC=CC(C)(CN4CCN(C(=O)C(F)(F)F)CC4)C3)nc21. The molecule has 1 saturated heterocycles. The highest BCUT2D eigenvalue weighted by Gasteiger charge is 2.43. The quantitative estimate of drug-likeness (QED) is 0.634. The summed E-state index contributed by atoms with van der Waals surface area (Å²) in [5, 5.41) is 0. The maximum Gasteiger partial charge on any atom is 0.471 e. The largest absolute Gasteiger partial charge is 0.471 e. The molecule has 2 aliphatic rings. The van der Waals surface area contributed by atoms with E-state index in [1.165, 1.54) is 0 Å². The molecule has 2 aromatic heterocycles. The van der Waals surface area contributed by atoms with Gasteiger partial charge in [-0.1, -0.05) is 45.9 Å². The number of aryl methyl sites for hydroxylation is 1. The Morgan fingerprint density at radius 3 is 2.39 bits per heavy atom. The van der Waals surface area contributed by atoms with Crippen LogP contribution in [-0.2, 0) is 18.4 Å². The smallest absolute Gasteiger partial charge is 0.332 e. The van der Waals surface area contributed by atoms with E-state index in [-0.39, 0.29) is 29.6 Å². The van der Waals surface area contributed by atoms with Gasteiger partial charge in [-0.25, -0.2) is 9.78 Å². The third-order valence-electron chi connectivity index (χ3n) is 6.82. The Bertz CT molecular complexity index is 1270. The van der Waals surface area contributed by atoms with Crippen LogP contribution in [0, 0.1) is 10.8 Å². The number of allylic oxidation sites excluding steroid dienone is 3. The number of hydrogen-bond donors (Lipinski definition) is 0. The molecule has 0 N–H and O–H groups in total. The fourth-order valence-corrected chi connectivity index (χ4v) is 5.11. The number of alkyl halides is 3.